The number of unbranched alkanes of at least 4 members (excludes halogenated alkanes) is 3. The highest BCUT2D eigenvalue weighted by Gasteiger charge is 2.45. The van der Waals surface area contributed by atoms with Gasteiger partial charge in [-0.25, -0.2) is 0 Å². The third-order valence-corrected chi connectivity index (χ3v) is 11.8. The molecule has 0 unspecified atom stereocenters. The normalized spacial score (nSPS) is 16.4. The van der Waals surface area contributed by atoms with Crippen molar-refractivity contribution in [1.29, 1.82) is 0 Å². The van der Waals surface area contributed by atoms with E-state index in [0.717, 1.165) is 38.8 Å². The van der Waals surface area contributed by atoms with Gasteiger partial charge in [0.1, 0.15) is 6.54 Å². The SMILES string of the molecule is COCCOCCNC(=O)CCCCC[N+]1=C(C=CC=CC=CC=C2N(CCCCC(=O)O)c3ccc4ccccc4c3C2(C)C)C(C)(C)c2c1ccc1ccccc21. The van der Waals surface area contributed by atoms with Gasteiger partial charge in [0.2, 0.25) is 11.6 Å². The minimum atomic E-state index is -0.746. The Morgan fingerprint density at radius 1 is 0.729 bits per heavy atom. The van der Waals surface area contributed by atoms with E-state index in [2.05, 4.69) is 158 Å². The fourth-order valence-corrected chi connectivity index (χ4v) is 8.91. The van der Waals surface area contributed by atoms with E-state index in [-0.39, 0.29) is 23.2 Å². The molecular weight excluding hydrogens is 735 g/mol. The van der Waals surface area contributed by atoms with E-state index in [1.165, 1.54) is 55.5 Å². The Kier molecular flexibility index (Phi) is 14.7. The smallest absolute Gasteiger partial charge is 0.303 e. The molecule has 8 nitrogen and oxygen atoms in total. The Hall–Kier alpha value is -5.31. The van der Waals surface area contributed by atoms with Crippen molar-refractivity contribution in [2.75, 3.05) is 51.5 Å². The predicted molar refractivity (Wildman–Crippen MR) is 242 cm³/mol. The summed E-state index contributed by atoms with van der Waals surface area (Å²) in [6.07, 6.45) is 20.0. The quantitative estimate of drug-likeness (QED) is 0.0496. The number of anilines is 1. The van der Waals surface area contributed by atoms with Crippen LogP contribution in [0.5, 0.6) is 0 Å². The molecule has 2 heterocycles. The molecule has 6 rings (SSSR count). The molecule has 0 saturated carbocycles. The fraction of sp³-hybridized carbons (Fsp3) is 0.392. The summed E-state index contributed by atoms with van der Waals surface area (Å²) >= 11 is 0. The maximum Gasteiger partial charge on any atom is 0.303 e. The summed E-state index contributed by atoms with van der Waals surface area (Å²) in [5.74, 6) is -0.675. The highest BCUT2D eigenvalue weighted by atomic mass is 16.5. The number of allylic oxidation sites excluding steroid dienone is 8. The zero-order chi connectivity index (χ0) is 41.8. The summed E-state index contributed by atoms with van der Waals surface area (Å²) in [7, 11) is 1.65. The first kappa shape index (κ1) is 43.3. The van der Waals surface area contributed by atoms with E-state index in [1.807, 2.05) is 0 Å². The lowest BCUT2D eigenvalue weighted by molar-refractivity contribution is -0.438. The maximum atomic E-state index is 12.4. The van der Waals surface area contributed by atoms with Crippen LogP contribution < -0.4 is 10.2 Å². The molecule has 0 spiro atoms. The van der Waals surface area contributed by atoms with Crippen LogP contribution in [0, 0.1) is 0 Å². The number of methoxy groups -OCH3 is 1. The number of carbonyl (C=O) groups is 2. The van der Waals surface area contributed by atoms with Crippen LogP contribution in [-0.4, -0.2) is 73.8 Å². The first-order valence-electron chi connectivity index (χ1n) is 21.3. The molecule has 2 N–H and O–H groups in total. The van der Waals surface area contributed by atoms with E-state index in [4.69, 9.17) is 9.47 Å². The van der Waals surface area contributed by atoms with Crippen molar-refractivity contribution in [2.45, 2.75) is 83.5 Å². The highest BCUT2D eigenvalue weighted by Crippen LogP contribution is 2.51. The number of hydrogen-bond donors (Lipinski definition) is 2. The molecule has 2 aliphatic heterocycles. The molecule has 310 valence electrons. The van der Waals surface area contributed by atoms with Gasteiger partial charge in [-0.2, -0.15) is 4.58 Å². The first-order chi connectivity index (χ1) is 28.6. The molecule has 2 aliphatic rings. The van der Waals surface area contributed by atoms with Gasteiger partial charge in [-0.3, -0.25) is 9.59 Å². The van der Waals surface area contributed by atoms with Gasteiger partial charge in [0.15, 0.2) is 5.71 Å². The van der Waals surface area contributed by atoms with Crippen LogP contribution in [0.15, 0.2) is 121 Å². The van der Waals surface area contributed by atoms with Crippen LogP contribution in [0.25, 0.3) is 21.5 Å². The number of hydrogen-bond acceptors (Lipinski definition) is 5. The molecule has 0 aliphatic carbocycles. The lowest BCUT2D eigenvalue weighted by Crippen LogP contribution is -2.28. The molecule has 8 heteroatoms. The molecule has 0 radical (unpaired) electrons. The number of carboxylic acid groups (broad SMARTS) is 1. The third-order valence-electron chi connectivity index (χ3n) is 11.8. The summed E-state index contributed by atoms with van der Waals surface area (Å²) in [5.41, 5.74) is 7.20. The van der Waals surface area contributed by atoms with Crippen LogP contribution in [0.2, 0.25) is 0 Å². The topological polar surface area (TPSA) is 91.1 Å². The molecule has 0 aromatic heterocycles. The number of carboxylic acids is 1. The van der Waals surface area contributed by atoms with Gasteiger partial charge in [0, 0.05) is 74.0 Å². The Balaban J connectivity index is 1.16. The van der Waals surface area contributed by atoms with Crippen molar-refractivity contribution in [1.82, 2.24) is 5.32 Å². The van der Waals surface area contributed by atoms with Crippen LogP contribution >= 0.6 is 0 Å². The van der Waals surface area contributed by atoms with Gasteiger partial charge in [-0.15, -0.1) is 0 Å². The van der Waals surface area contributed by atoms with Crippen molar-refractivity contribution in [3.05, 3.63) is 132 Å². The number of carbonyl (C=O) groups excluding carboxylic acids is 1. The number of fused-ring (bicyclic) bond motifs is 6. The standard InChI is InChI=1S/C51H61N3O5/c1-50(2)44(53(42-30-28-38-20-13-15-22-40(38)48(42)50)33-18-9-12-26-46(55)52-32-35-59-37-36-58-5)24-10-7-6-8-11-25-45-51(3,4)49-41-23-16-14-21-39(41)29-31-43(49)54(45)34-19-17-27-47(56)57/h6-8,10-11,13-16,20-25,28-31H,9,12,17-19,26-27,32-37H2,1-5H3,(H-,52,55,56,57)/p+1. The molecule has 0 bridgehead atoms. The maximum absolute atomic E-state index is 12.4. The van der Waals surface area contributed by atoms with E-state index in [0.29, 0.717) is 39.2 Å². The zero-order valence-corrected chi connectivity index (χ0v) is 35.6. The van der Waals surface area contributed by atoms with Crippen LogP contribution in [0.3, 0.4) is 0 Å². The van der Waals surface area contributed by atoms with E-state index >= 15 is 0 Å². The monoisotopic (exact) mass is 796 g/mol. The molecular formula is C51H62N3O5+. The highest BCUT2D eigenvalue weighted by molar-refractivity contribution is 6.07. The Morgan fingerprint density at radius 3 is 2.15 bits per heavy atom. The number of rotatable bonds is 21. The third kappa shape index (κ3) is 10.1. The van der Waals surface area contributed by atoms with Gasteiger partial charge in [0.05, 0.1) is 25.2 Å². The van der Waals surface area contributed by atoms with E-state index in [9.17, 15) is 14.7 Å². The Labute approximate surface area is 350 Å². The minimum absolute atomic E-state index is 0.0719. The number of nitrogens with one attached hydrogen (secondary N) is 1. The number of ether oxygens (including phenoxy) is 2. The summed E-state index contributed by atoms with van der Waals surface area (Å²) in [4.78, 5) is 26.0. The minimum Gasteiger partial charge on any atom is -0.481 e. The first-order valence-corrected chi connectivity index (χ1v) is 21.3. The molecule has 0 atom stereocenters. The van der Waals surface area contributed by atoms with E-state index < -0.39 is 5.97 Å². The Morgan fingerprint density at radius 2 is 1.41 bits per heavy atom. The molecule has 4 aromatic carbocycles. The number of aliphatic carboxylic acids is 1. The average Bonchev–Trinajstić information content (AvgIpc) is 3.58. The van der Waals surface area contributed by atoms with Gasteiger partial charge in [-0.05, 0) is 84.8 Å². The Bertz CT molecular complexity index is 2280. The van der Waals surface area contributed by atoms with Crippen molar-refractivity contribution in [2.24, 2.45) is 0 Å². The van der Waals surface area contributed by atoms with Gasteiger partial charge in [0.25, 0.3) is 0 Å². The molecule has 0 saturated heterocycles. The van der Waals surface area contributed by atoms with Crippen LogP contribution in [0.1, 0.15) is 83.8 Å². The number of amides is 1. The lowest BCUT2D eigenvalue weighted by atomic mass is 9.79. The number of nitrogens with zero attached hydrogens (tertiary/aromatic N) is 2. The summed E-state index contributed by atoms with van der Waals surface area (Å²) in [5, 5.41) is 17.2. The largest absolute Gasteiger partial charge is 0.481 e. The second kappa shape index (κ2) is 20.1. The van der Waals surface area contributed by atoms with Crippen LogP contribution in [0.4, 0.5) is 11.4 Å². The second-order valence-corrected chi connectivity index (χ2v) is 16.6. The summed E-state index contributed by atoms with van der Waals surface area (Å²) in [6.45, 7) is 13.0. The van der Waals surface area contributed by atoms with Gasteiger partial charge in [-0.1, -0.05) is 98.8 Å². The van der Waals surface area contributed by atoms with Gasteiger partial charge >= 0.3 is 5.97 Å². The fourth-order valence-electron chi connectivity index (χ4n) is 8.91. The summed E-state index contributed by atoms with van der Waals surface area (Å²) < 4.78 is 12.9. The summed E-state index contributed by atoms with van der Waals surface area (Å²) in [6, 6.07) is 26.2. The van der Waals surface area contributed by atoms with Crippen molar-refractivity contribution < 1.29 is 28.7 Å². The molecule has 59 heavy (non-hydrogen) atoms. The second-order valence-electron chi connectivity index (χ2n) is 16.6. The van der Waals surface area contributed by atoms with Crippen LogP contribution in [-0.2, 0) is 29.9 Å². The van der Waals surface area contributed by atoms with Crippen molar-refractivity contribution >= 4 is 50.5 Å². The zero-order valence-electron chi connectivity index (χ0n) is 35.6. The van der Waals surface area contributed by atoms with Gasteiger partial charge < -0.3 is 24.8 Å². The molecule has 1 amide bonds. The average molecular weight is 797 g/mol. The molecule has 4 aromatic rings. The van der Waals surface area contributed by atoms with Crippen molar-refractivity contribution in [3.8, 4) is 0 Å². The number of benzene rings is 4. The predicted octanol–water partition coefficient (Wildman–Crippen LogP) is 10.3. The molecule has 0 fully saturated rings. The van der Waals surface area contributed by atoms with Crippen molar-refractivity contribution in [3.63, 3.8) is 0 Å². The lowest BCUT2D eigenvalue weighted by Gasteiger charge is -2.27. The van der Waals surface area contributed by atoms with E-state index in [1.54, 1.807) is 7.11 Å².